The van der Waals surface area contributed by atoms with Crippen LogP contribution in [0.4, 0.5) is 0 Å². The second-order valence-electron chi connectivity index (χ2n) is 3.93. The van der Waals surface area contributed by atoms with Gasteiger partial charge in [-0.15, -0.1) is 0 Å². The van der Waals surface area contributed by atoms with Gasteiger partial charge in [0.05, 0.1) is 0 Å². The molecule has 1 unspecified atom stereocenters. The van der Waals surface area contributed by atoms with E-state index in [-0.39, 0.29) is 21.8 Å². The molecule has 0 fully saturated rings. The van der Waals surface area contributed by atoms with Crippen LogP contribution in [0.3, 0.4) is 0 Å². The van der Waals surface area contributed by atoms with Gasteiger partial charge in [-0.25, -0.2) is 0 Å². The molecule has 1 aliphatic rings. The molecule has 1 atom stereocenters. The van der Waals surface area contributed by atoms with Crippen molar-refractivity contribution in [3.05, 3.63) is 35.6 Å². The van der Waals surface area contributed by atoms with Gasteiger partial charge in [0.2, 0.25) is 0 Å². The Labute approximate surface area is 115 Å². The van der Waals surface area contributed by atoms with Gasteiger partial charge in [0, 0.05) is 0 Å². The molecule has 0 radical (unpaired) electrons. The zero-order chi connectivity index (χ0) is 12.5. The van der Waals surface area contributed by atoms with Crippen molar-refractivity contribution in [2.24, 2.45) is 3.95 Å². The van der Waals surface area contributed by atoms with Gasteiger partial charge >= 0.3 is 115 Å². The molecule has 0 heterocycles. The third kappa shape index (κ3) is 5.23. The first-order valence-electron chi connectivity index (χ1n) is 6.07. The Kier molecular flexibility index (Phi) is 7.55. The van der Waals surface area contributed by atoms with Crippen molar-refractivity contribution in [2.45, 2.75) is 39.2 Å². The fourth-order valence-corrected chi connectivity index (χ4v) is 2.55. The van der Waals surface area contributed by atoms with Crippen molar-refractivity contribution in [1.82, 2.24) is 3.53 Å². The third-order valence-electron chi connectivity index (χ3n) is 2.61. The van der Waals surface area contributed by atoms with Crippen LogP contribution in [0.2, 0.25) is 0 Å². The minimum absolute atomic E-state index is 0.340. The second kappa shape index (κ2) is 8.72. The predicted octanol–water partition coefficient (Wildman–Crippen LogP) is -0.571. The van der Waals surface area contributed by atoms with E-state index in [1.165, 1.54) is 5.57 Å². The average molecular weight is 349 g/mol. The molecule has 1 rings (SSSR count). The number of nitrogens with two attached hydrogens (primary N) is 1. The predicted molar refractivity (Wildman–Crippen MR) is 67.6 cm³/mol. The number of unbranched alkanes of at least 4 members (excludes halogenated alkanes) is 1. The summed E-state index contributed by atoms with van der Waals surface area (Å²) in [5.41, 5.74) is 1.19. The molecule has 17 heavy (non-hydrogen) atoms. The summed E-state index contributed by atoms with van der Waals surface area (Å²) in [7, 11) is 0. The van der Waals surface area contributed by atoms with Gasteiger partial charge in [0.25, 0.3) is 0 Å². The maximum atomic E-state index is 5.77. The molecule has 0 spiro atoms. The molecule has 3 nitrogen and oxygen atoms in total. The summed E-state index contributed by atoms with van der Waals surface area (Å²) in [5, 5.41) is 0. The van der Waals surface area contributed by atoms with E-state index in [0.717, 1.165) is 31.6 Å². The number of allylic oxidation sites excluding steroid dienone is 2. The van der Waals surface area contributed by atoms with Gasteiger partial charge in [0.1, 0.15) is 0 Å². The van der Waals surface area contributed by atoms with E-state index in [2.05, 4.69) is 28.7 Å². The molecular weight excluding hydrogens is 327 g/mol. The minimum atomic E-state index is -0.340. The maximum absolute atomic E-state index is 5.77. The van der Waals surface area contributed by atoms with Crippen LogP contribution in [0.15, 0.2) is 35.6 Å². The molecule has 0 saturated heterocycles. The number of rotatable bonds is 7. The summed E-state index contributed by atoms with van der Waals surface area (Å²) < 4.78 is 14.6. The molecule has 0 bridgehead atoms. The van der Waals surface area contributed by atoms with E-state index in [0.29, 0.717) is 6.04 Å². The fraction of sp³-hybridized carbons (Fsp3) is 0.538. The first-order chi connectivity index (χ1) is 8.31. The topological polar surface area (TPSA) is 47.3 Å². The SMILES string of the molecule is C/C=C(/OCCCC)C1=CCC(N[I-]N)C=C1. The molecule has 0 aliphatic heterocycles. The monoisotopic (exact) mass is 349 g/mol. The third-order valence-corrected chi connectivity index (χ3v) is 3.76. The molecule has 3 N–H and O–H groups in total. The molecule has 0 aromatic rings. The quantitative estimate of drug-likeness (QED) is 0.280. The van der Waals surface area contributed by atoms with Crippen molar-refractivity contribution in [2.75, 3.05) is 6.61 Å². The van der Waals surface area contributed by atoms with Crippen LogP contribution < -0.4 is 29.2 Å². The fourth-order valence-electron chi connectivity index (χ4n) is 1.62. The average Bonchev–Trinajstić information content (AvgIpc) is 2.36. The Balaban J connectivity index is 2.47. The van der Waals surface area contributed by atoms with Crippen LogP contribution in [0.1, 0.15) is 33.1 Å². The van der Waals surface area contributed by atoms with Gasteiger partial charge in [0.15, 0.2) is 0 Å². The summed E-state index contributed by atoms with van der Waals surface area (Å²) in [5.74, 6) is 0.996. The molecule has 0 amide bonds. The van der Waals surface area contributed by atoms with Gasteiger partial charge < -0.3 is 0 Å². The van der Waals surface area contributed by atoms with Gasteiger partial charge in [-0.3, -0.25) is 0 Å². The molecule has 0 aromatic carbocycles. The second-order valence-corrected chi connectivity index (χ2v) is 5.18. The normalized spacial score (nSPS) is 20.5. The van der Waals surface area contributed by atoms with Crippen LogP contribution in [-0.2, 0) is 4.74 Å². The first kappa shape index (κ1) is 14.7. The number of nitrogens with one attached hydrogen (secondary N) is 1. The summed E-state index contributed by atoms with van der Waals surface area (Å²) in [6.07, 6.45) is 11.8. The van der Waals surface area contributed by atoms with E-state index >= 15 is 0 Å². The number of ether oxygens (including phenoxy) is 1. The Morgan fingerprint density at radius 3 is 3.06 bits per heavy atom. The van der Waals surface area contributed by atoms with Crippen molar-refractivity contribution < 1.29 is 26.5 Å². The Hall–Kier alpha value is -0.330. The molecule has 1 aliphatic carbocycles. The summed E-state index contributed by atoms with van der Waals surface area (Å²) in [4.78, 5) is 0. The Morgan fingerprint density at radius 2 is 2.53 bits per heavy atom. The Morgan fingerprint density at radius 1 is 1.71 bits per heavy atom. The number of hydrogen-bond acceptors (Lipinski definition) is 3. The summed E-state index contributed by atoms with van der Waals surface area (Å²) in [6, 6.07) is 0.408. The van der Waals surface area contributed by atoms with E-state index in [1.807, 2.05) is 13.0 Å². The van der Waals surface area contributed by atoms with Crippen molar-refractivity contribution in [1.29, 1.82) is 0 Å². The first-order valence-corrected chi connectivity index (χ1v) is 8.40. The zero-order valence-corrected chi connectivity index (χ0v) is 12.7. The molecule has 4 heteroatoms. The van der Waals surface area contributed by atoms with Crippen LogP contribution in [0.25, 0.3) is 0 Å². The standard InChI is InChI=1S/C13H22IN2O/c1-3-5-10-17-13(4-2)11-6-8-12(9-7-11)16-14-15/h4,6-8,12,16H,3,5,9-10,15H2,1-2H3/q-1/b13-4+. The summed E-state index contributed by atoms with van der Waals surface area (Å²) >= 11 is -0.340. The van der Waals surface area contributed by atoms with Crippen LogP contribution in [0, 0.1) is 0 Å². The molecule has 0 aromatic heterocycles. The van der Waals surface area contributed by atoms with Crippen LogP contribution in [0.5, 0.6) is 0 Å². The van der Waals surface area contributed by atoms with E-state index in [9.17, 15) is 0 Å². The Bertz CT molecular complexity index is 311. The van der Waals surface area contributed by atoms with Crippen LogP contribution >= 0.6 is 0 Å². The van der Waals surface area contributed by atoms with Crippen molar-refractivity contribution in [3.8, 4) is 0 Å². The number of halogens is 1. The molecule has 0 saturated carbocycles. The summed E-state index contributed by atoms with van der Waals surface area (Å²) in [6.45, 7) is 4.99. The molecular formula is C13H22IN2O-. The zero-order valence-electron chi connectivity index (χ0n) is 10.6. The van der Waals surface area contributed by atoms with Gasteiger partial charge in [-0.05, 0) is 0 Å². The number of hydrogen-bond donors (Lipinski definition) is 2. The van der Waals surface area contributed by atoms with E-state index in [1.54, 1.807) is 0 Å². The van der Waals surface area contributed by atoms with Crippen molar-refractivity contribution >= 4 is 0 Å². The van der Waals surface area contributed by atoms with Crippen molar-refractivity contribution in [3.63, 3.8) is 0 Å². The van der Waals surface area contributed by atoms with Gasteiger partial charge in [-0.1, -0.05) is 0 Å². The molecule has 98 valence electrons. The van der Waals surface area contributed by atoms with E-state index in [4.69, 9.17) is 8.68 Å². The van der Waals surface area contributed by atoms with Gasteiger partial charge in [-0.2, -0.15) is 0 Å². The van der Waals surface area contributed by atoms with E-state index < -0.39 is 0 Å². The van der Waals surface area contributed by atoms with Crippen LogP contribution in [-0.4, -0.2) is 12.6 Å².